The Morgan fingerprint density at radius 2 is 2.35 bits per heavy atom. The average Bonchev–Trinajstić information content (AvgIpc) is 2.91. The summed E-state index contributed by atoms with van der Waals surface area (Å²) in [5.41, 5.74) is 5.89. The normalized spacial score (nSPS) is 12.9. The van der Waals surface area contributed by atoms with Crippen molar-refractivity contribution in [1.29, 1.82) is 0 Å². The van der Waals surface area contributed by atoms with Crippen LogP contribution in [0.15, 0.2) is 24.5 Å². The molecular formula is C12H16ClN3S. The maximum absolute atomic E-state index is 5.98. The van der Waals surface area contributed by atoms with Crippen molar-refractivity contribution < 1.29 is 0 Å². The van der Waals surface area contributed by atoms with E-state index < -0.39 is 0 Å². The first-order chi connectivity index (χ1) is 8.26. The van der Waals surface area contributed by atoms with E-state index in [9.17, 15) is 0 Å². The predicted octanol–water partition coefficient (Wildman–Crippen LogP) is 3.10. The molecule has 2 aromatic heterocycles. The number of rotatable bonds is 5. The molecule has 92 valence electrons. The molecule has 0 bridgehead atoms. The molecular weight excluding hydrogens is 254 g/mol. The summed E-state index contributed by atoms with van der Waals surface area (Å²) in [6.45, 7) is 2.71. The van der Waals surface area contributed by atoms with Gasteiger partial charge in [0.2, 0.25) is 0 Å². The monoisotopic (exact) mass is 269 g/mol. The Morgan fingerprint density at radius 1 is 1.53 bits per heavy atom. The van der Waals surface area contributed by atoms with Crippen LogP contribution in [0.4, 0.5) is 0 Å². The lowest BCUT2D eigenvalue weighted by molar-refractivity contribution is 0.570. The van der Waals surface area contributed by atoms with Gasteiger partial charge in [0.25, 0.3) is 0 Å². The number of nitrogens with zero attached hydrogens (tertiary/aromatic N) is 2. The first-order valence-corrected chi connectivity index (χ1v) is 6.92. The summed E-state index contributed by atoms with van der Waals surface area (Å²) in [7, 11) is 0. The number of halogens is 1. The van der Waals surface area contributed by atoms with Crippen molar-refractivity contribution in [3.8, 4) is 0 Å². The van der Waals surface area contributed by atoms with Gasteiger partial charge in [-0.3, -0.25) is 0 Å². The number of aromatic nitrogens is 2. The average molecular weight is 270 g/mol. The van der Waals surface area contributed by atoms with E-state index in [-0.39, 0.29) is 6.04 Å². The molecule has 1 atom stereocenters. The van der Waals surface area contributed by atoms with E-state index >= 15 is 0 Å². The van der Waals surface area contributed by atoms with Crippen molar-refractivity contribution in [2.75, 3.05) is 6.54 Å². The summed E-state index contributed by atoms with van der Waals surface area (Å²) in [6, 6.07) is 4.11. The standard InChI is InChI=1S/C12H16ClN3S/c1-2-3-12-15-6-7-16(12)9(8-14)10-4-5-11(13)17-10/h4-7,9H,2-3,8,14H2,1H3. The summed E-state index contributed by atoms with van der Waals surface area (Å²) in [6.07, 6.45) is 5.89. The SMILES string of the molecule is CCCc1nccn1C(CN)c1ccc(Cl)s1. The van der Waals surface area contributed by atoms with E-state index in [2.05, 4.69) is 16.5 Å². The number of aryl methyl sites for hydroxylation is 1. The molecule has 17 heavy (non-hydrogen) atoms. The zero-order valence-corrected chi connectivity index (χ0v) is 11.3. The van der Waals surface area contributed by atoms with Crippen molar-refractivity contribution in [3.05, 3.63) is 39.6 Å². The quantitative estimate of drug-likeness (QED) is 0.906. The highest BCUT2D eigenvalue weighted by molar-refractivity contribution is 7.16. The fourth-order valence-electron chi connectivity index (χ4n) is 1.92. The second-order valence-corrected chi connectivity index (χ2v) is 5.64. The van der Waals surface area contributed by atoms with E-state index in [1.54, 1.807) is 11.3 Å². The molecule has 2 rings (SSSR count). The third-order valence-electron chi connectivity index (χ3n) is 2.70. The highest BCUT2D eigenvalue weighted by Gasteiger charge is 2.16. The molecule has 0 aliphatic heterocycles. The van der Waals surface area contributed by atoms with Crippen LogP contribution in [0.25, 0.3) is 0 Å². The Balaban J connectivity index is 2.31. The maximum Gasteiger partial charge on any atom is 0.109 e. The molecule has 5 heteroatoms. The number of hydrogen-bond acceptors (Lipinski definition) is 3. The molecule has 0 aliphatic carbocycles. The maximum atomic E-state index is 5.98. The van der Waals surface area contributed by atoms with Crippen molar-refractivity contribution in [2.24, 2.45) is 5.73 Å². The predicted molar refractivity (Wildman–Crippen MR) is 72.7 cm³/mol. The molecule has 3 nitrogen and oxygen atoms in total. The summed E-state index contributed by atoms with van der Waals surface area (Å²) in [4.78, 5) is 5.57. The van der Waals surface area contributed by atoms with Gasteiger partial charge in [-0.05, 0) is 18.6 Å². The van der Waals surface area contributed by atoms with Crippen LogP contribution in [0.5, 0.6) is 0 Å². The van der Waals surface area contributed by atoms with Gasteiger partial charge in [-0.2, -0.15) is 0 Å². The van der Waals surface area contributed by atoms with Gasteiger partial charge in [-0.15, -0.1) is 11.3 Å². The minimum absolute atomic E-state index is 0.150. The van der Waals surface area contributed by atoms with Gasteiger partial charge < -0.3 is 10.3 Å². The first-order valence-electron chi connectivity index (χ1n) is 5.73. The zero-order valence-electron chi connectivity index (χ0n) is 9.77. The van der Waals surface area contributed by atoms with Gasteiger partial charge in [0.15, 0.2) is 0 Å². The van der Waals surface area contributed by atoms with E-state index in [1.807, 2.05) is 24.5 Å². The Kier molecular flexibility index (Phi) is 4.20. The Labute approximate surface area is 110 Å². The fraction of sp³-hybridized carbons (Fsp3) is 0.417. The molecule has 0 spiro atoms. The lowest BCUT2D eigenvalue weighted by Crippen LogP contribution is -2.20. The van der Waals surface area contributed by atoms with Gasteiger partial charge in [-0.1, -0.05) is 18.5 Å². The number of imidazole rings is 1. The van der Waals surface area contributed by atoms with Crippen molar-refractivity contribution in [2.45, 2.75) is 25.8 Å². The molecule has 0 saturated heterocycles. The van der Waals surface area contributed by atoms with Crippen LogP contribution in [0.1, 0.15) is 30.1 Å². The minimum atomic E-state index is 0.150. The summed E-state index contributed by atoms with van der Waals surface area (Å²) < 4.78 is 2.96. The van der Waals surface area contributed by atoms with Crippen LogP contribution >= 0.6 is 22.9 Å². The van der Waals surface area contributed by atoms with Crippen LogP contribution in [-0.2, 0) is 6.42 Å². The number of thiophene rings is 1. The van der Waals surface area contributed by atoms with Crippen molar-refractivity contribution in [3.63, 3.8) is 0 Å². The second-order valence-electron chi connectivity index (χ2n) is 3.89. The Morgan fingerprint density at radius 3 is 2.94 bits per heavy atom. The van der Waals surface area contributed by atoms with Crippen LogP contribution in [0, 0.1) is 0 Å². The highest BCUT2D eigenvalue weighted by Crippen LogP contribution is 2.29. The fourth-order valence-corrected chi connectivity index (χ4v) is 3.09. The van der Waals surface area contributed by atoms with Gasteiger partial charge in [0, 0.05) is 30.2 Å². The van der Waals surface area contributed by atoms with E-state index in [0.717, 1.165) is 23.0 Å². The third-order valence-corrected chi connectivity index (χ3v) is 4.04. The van der Waals surface area contributed by atoms with E-state index in [4.69, 9.17) is 17.3 Å². The molecule has 0 radical (unpaired) electrons. The molecule has 0 amide bonds. The van der Waals surface area contributed by atoms with Gasteiger partial charge in [0.1, 0.15) is 5.82 Å². The Bertz CT molecular complexity index is 478. The summed E-state index contributed by atoms with van der Waals surface area (Å²) in [5, 5.41) is 0. The summed E-state index contributed by atoms with van der Waals surface area (Å²) >= 11 is 7.56. The van der Waals surface area contributed by atoms with E-state index in [0.29, 0.717) is 6.54 Å². The lowest BCUT2D eigenvalue weighted by Gasteiger charge is -2.17. The van der Waals surface area contributed by atoms with Gasteiger partial charge in [0.05, 0.1) is 10.4 Å². The topological polar surface area (TPSA) is 43.8 Å². The molecule has 0 saturated carbocycles. The smallest absolute Gasteiger partial charge is 0.109 e. The molecule has 0 fully saturated rings. The van der Waals surface area contributed by atoms with Crippen LogP contribution in [-0.4, -0.2) is 16.1 Å². The lowest BCUT2D eigenvalue weighted by atomic mass is 10.2. The number of nitrogens with two attached hydrogens (primary N) is 1. The highest BCUT2D eigenvalue weighted by atomic mass is 35.5. The van der Waals surface area contributed by atoms with Gasteiger partial charge >= 0.3 is 0 Å². The molecule has 2 N–H and O–H groups in total. The van der Waals surface area contributed by atoms with Crippen LogP contribution in [0.3, 0.4) is 0 Å². The molecule has 0 aliphatic rings. The number of hydrogen-bond donors (Lipinski definition) is 1. The first kappa shape index (κ1) is 12.6. The largest absolute Gasteiger partial charge is 0.328 e. The van der Waals surface area contributed by atoms with Crippen molar-refractivity contribution in [1.82, 2.24) is 9.55 Å². The summed E-state index contributed by atoms with van der Waals surface area (Å²) in [5.74, 6) is 1.09. The minimum Gasteiger partial charge on any atom is -0.328 e. The Hall–Kier alpha value is -0.840. The zero-order chi connectivity index (χ0) is 12.3. The third kappa shape index (κ3) is 2.70. The molecule has 0 aromatic carbocycles. The van der Waals surface area contributed by atoms with Crippen LogP contribution in [0.2, 0.25) is 4.34 Å². The van der Waals surface area contributed by atoms with E-state index in [1.165, 1.54) is 4.88 Å². The molecule has 2 heterocycles. The second kappa shape index (κ2) is 5.67. The van der Waals surface area contributed by atoms with Crippen LogP contribution < -0.4 is 5.73 Å². The molecule has 1 unspecified atom stereocenters. The molecule has 2 aromatic rings. The van der Waals surface area contributed by atoms with Crippen molar-refractivity contribution >= 4 is 22.9 Å². The van der Waals surface area contributed by atoms with Gasteiger partial charge in [-0.25, -0.2) is 4.98 Å².